The van der Waals surface area contributed by atoms with Crippen LogP contribution in [0.25, 0.3) is 0 Å². The van der Waals surface area contributed by atoms with Gasteiger partial charge in [-0.3, -0.25) is 4.90 Å². The molecule has 0 aliphatic heterocycles. The maximum Gasteiger partial charge on any atom is 0.0589 e. The molecule has 0 spiro atoms. The fourth-order valence-corrected chi connectivity index (χ4v) is 1.92. The van der Waals surface area contributed by atoms with Gasteiger partial charge in [-0.05, 0) is 40.2 Å². The van der Waals surface area contributed by atoms with E-state index in [-0.39, 0.29) is 0 Å². The third kappa shape index (κ3) is 4.12. The molecule has 0 fully saturated rings. The number of benzene rings is 1. The molecule has 0 saturated carbocycles. The SMILES string of the molecule is CCN(CCOC)Cc1ccc(N)c(Br)c1. The Balaban J connectivity index is 2.59. The summed E-state index contributed by atoms with van der Waals surface area (Å²) in [7, 11) is 1.73. The number of methoxy groups -OCH3 is 1. The molecular formula is C12H19BrN2O. The molecule has 0 aliphatic rings. The highest BCUT2D eigenvalue weighted by Crippen LogP contribution is 2.21. The van der Waals surface area contributed by atoms with Gasteiger partial charge < -0.3 is 10.5 Å². The largest absolute Gasteiger partial charge is 0.398 e. The Hall–Kier alpha value is -0.580. The van der Waals surface area contributed by atoms with Crippen LogP contribution in [0.2, 0.25) is 0 Å². The molecule has 0 heterocycles. The highest BCUT2D eigenvalue weighted by Gasteiger charge is 2.04. The number of ether oxygens (including phenoxy) is 1. The van der Waals surface area contributed by atoms with Crippen molar-refractivity contribution < 1.29 is 4.74 Å². The van der Waals surface area contributed by atoms with Gasteiger partial charge in [0.1, 0.15) is 0 Å². The van der Waals surface area contributed by atoms with Gasteiger partial charge in [0.15, 0.2) is 0 Å². The Morgan fingerprint density at radius 3 is 2.75 bits per heavy atom. The second kappa shape index (κ2) is 6.89. The van der Waals surface area contributed by atoms with Crippen LogP contribution in [0.4, 0.5) is 5.69 Å². The fourth-order valence-electron chi connectivity index (χ4n) is 1.50. The molecule has 0 atom stereocenters. The number of hydrogen-bond donors (Lipinski definition) is 1. The summed E-state index contributed by atoms with van der Waals surface area (Å²) in [6, 6.07) is 6.07. The minimum Gasteiger partial charge on any atom is -0.398 e. The first-order valence-corrected chi connectivity index (χ1v) is 6.21. The molecule has 16 heavy (non-hydrogen) atoms. The van der Waals surface area contributed by atoms with E-state index in [1.165, 1.54) is 5.56 Å². The number of hydrogen-bond acceptors (Lipinski definition) is 3. The van der Waals surface area contributed by atoms with Crippen LogP contribution in [0.1, 0.15) is 12.5 Å². The monoisotopic (exact) mass is 286 g/mol. The van der Waals surface area contributed by atoms with E-state index in [1.54, 1.807) is 7.11 Å². The predicted octanol–water partition coefficient (Wildman–Crippen LogP) is 2.50. The lowest BCUT2D eigenvalue weighted by atomic mass is 10.2. The Bertz CT molecular complexity index is 331. The van der Waals surface area contributed by atoms with Crippen molar-refractivity contribution in [3.63, 3.8) is 0 Å². The molecule has 0 aliphatic carbocycles. The van der Waals surface area contributed by atoms with E-state index in [9.17, 15) is 0 Å². The van der Waals surface area contributed by atoms with Crippen LogP contribution in [-0.2, 0) is 11.3 Å². The lowest BCUT2D eigenvalue weighted by Gasteiger charge is -2.20. The third-order valence-corrected chi connectivity index (χ3v) is 3.22. The van der Waals surface area contributed by atoms with Gasteiger partial charge in [-0.25, -0.2) is 0 Å². The molecule has 0 unspecified atom stereocenters. The van der Waals surface area contributed by atoms with Crippen LogP contribution in [0.3, 0.4) is 0 Å². The summed E-state index contributed by atoms with van der Waals surface area (Å²) in [6.07, 6.45) is 0. The highest BCUT2D eigenvalue weighted by molar-refractivity contribution is 9.10. The molecule has 1 aromatic carbocycles. The van der Waals surface area contributed by atoms with Gasteiger partial charge in [0, 0.05) is 30.4 Å². The molecule has 1 rings (SSSR count). The van der Waals surface area contributed by atoms with Crippen LogP contribution in [-0.4, -0.2) is 31.7 Å². The van der Waals surface area contributed by atoms with Crippen molar-refractivity contribution in [3.8, 4) is 0 Å². The number of rotatable bonds is 6. The van der Waals surface area contributed by atoms with Crippen LogP contribution in [0.15, 0.2) is 22.7 Å². The van der Waals surface area contributed by atoms with E-state index in [2.05, 4.69) is 39.9 Å². The average molecular weight is 287 g/mol. The molecule has 1 aromatic rings. The first-order valence-electron chi connectivity index (χ1n) is 5.42. The zero-order valence-corrected chi connectivity index (χ0v) is 11.5. The smallest absolute Gasteiger partial charge is 0.0589 e. The Kier molecular flexibility index (Phi) is 5.80. The Morgan fingerprint density at radius 1 is 1.44 bits per heavy atom. The molecule has 0 radical (unpaired) electrons. The molecule has 0 bridgehead atoms. The predicted molar refractivity (Wildman–Crippen MR) is 71.4 cm³/mol. The highest BCUT2D eigenvalue weighted by atomic mass is 79.9. The van der Waals surface area contributed by atoms with Crippen LogP contribution >= 0.6 is 15.9 Å². The van der Waals surface area contributed by atoms with Gasteiger partial charge in [0.05, 0.1) is 6.61 Å². The molecule has 0 aromatic heterocycles. The Labute approximate surface area is 106 Å². The number of nitrogens with two attached hydrogens (primary N) is 1. The lowest BCUT2D eigenvalue weighted by molar-refractivity contribution is 0.147. The minimum atomic E-state index is 0.768. The maximum absolute atomic E-state index is 5.75. The molecule has 3 nitrogen and oxygen atoms in total. The van der Waals surface area contributed by atoms with Crippen molar-refractivity contribution in [1.29, 1.82) is 0 Å². The normalized spacial score (nSPS) is 11.0. The van der Waals surface area contributed by atoms with E-state index in [1.807, 2.05) is 6.07 Å². The van der Waals surface area contributed by atoms with E-state index in [0.717, 1.165) is 36.4 Å². The van der Waals surface area contributed by atoms with Gasteiger partial charge in [0.2, 0.25) is 0 Å². The quantitative estimate of drug-likeness (QED) is 0.817. The number of anilines is 1. The van der Waals surface area contributed by atoms with Gasteiger partial charge >= 0.3 is 0 Å². The van der Waals surface area contributed by atoms with Crippen molar-refractivity contribution in [2.24, 2.45) is 0 Å². The number of nitrogen functional groups attached to an aromatic ring is 1. The van der Waals surface area contributed by atoms with Gasteiger partial charge in [-0.1, -0.05) is 13.0 Å². The fraction of sp³-hybridized carbons (Fsp3) is 0.500. The van der Waals surface area contributed by atoms with E-state index >= 15 is 0 Å². The standard InChI is InChI=1S/C12H19BrN2O/c1-3-15(6-7-16-2)9-10-4-5-12(14)11(13)8-10/h4-5,8H,3,6-7,9,14H2,1-2H3. The first-order chi connectivity index (χ1) is 7.67. The minimum absolute atomic E-state index is 0.768. The van der Waals surface area contributed by atoms with Gasteiger partial charge in [0.25, 0.3) is 0 Å². The van der Waals surface area contributed by atoms with Crippen molar-refractivity contribution in [2.45, 2.75) is 13.5 Å². The van der Waals surface area contributed by atoms with E-state index < -0.39 is 0 Å². The summed E-state index contributed by atoms with van der Waals surface area (Å²) < 4.78 is 6.05. The summed E-state index contributed by atoms with van der Waals surface area (Å²) in [5, 5.41) is 0. The molecular weight excluding hydrogens is 268 g/mol. The van der Waals surface area contributed by atoms with Crippen molar-refractivity contribution >= 4 is 21.6 Å². The summed E-state index contributed by atoms with van der Waals surface area (Å²) >= 11 is 3.44. The molecule has 90 valence electrons. The molecule has 0 amide bonds. The summed E-state index contributed by atoms with van der Waals surface area (Å²) in [5.41, 5.74) is 7.80. The molecule has 4 heteroatoms. The zero-order chi connectivity index (χ0) is 12.0. The maximum atomic E-state index is 5.75. The van der Waals surface area contributed by atoms with Crippen molar-refractivity contribution in [1.82, 2.24) is 4.90 Å². The van der Waals surface area contributed by atoms with Crippen molar-refractivity contribution in [3.05, 3.63) is 28.2 Å². The van der Waals surface area contributed by atoms with Gasteiger partial charge in [-0.2, -0.15) is 0 Å². The van der Waals surface area contributed by atoms with Gasteiger partial charge in [-0.15, -0.1) is 0 Å². The molecule has 0 saturated heterocycles. The summed E-state index contributed by atoms with van der Waals surface area (Å²) in [5.74, 6) is 0. The topological polar surface area (TPSA) is 38.5 Å². The second-order valence-corrected chi connectivity index (χ2v) is 4.57. The first kappa shape index (κ1) is 13.5. The number of halogens is 1. The van der Waals surface area contributed by atoms with Crippen LogP contribution in [0.5, 0.6) is 0 Å². The third-order valence-electron chi connectivity index (χ3n) is 2.53. The lowest BCUT2D eigenvalue weighted by Crippen LogP contribution is -2.26. The number of likely N-dealkylation sites (N-methyl/N-ethyl adjacent to an activating group) is 1. The average Bonchev–Trinajstić information content (AvgIpc) is 2.29. The van der Waals surface area contributed by atoms with E-state index in [0.29, 0.717) is 0 Å². The zero-order valence-electron chi connectivity index (χ0n) is 9.87. The summed E-state index contributed by atoms with van der Waals surface area (Å²) in [6.45, 7) is 5.82. The summed E-state index contributed by atoms with van der Waals surface area (Å²) in [4.78, 5) is 2.33. The van der Waals surface area contributed by atoms with Crippen LogP contribution in [0, 0.1) is 0 Å². The van der Waals surface area contributed by atoms with E-state index in [4.69, 9.17) is 10.5 Å². The van der Waals surface area contributed by atoms with Crippen LogP contribution < -0.4 is 5.73 Å². The number of nitrogens with zero attached hydrogens (tertiary/aromatic N) is 1. The molecule has 2 N–H and O–H groups in total. The van der Waals surface area contributed by atoms with Crippen molar-refractivity contribution in [2.75, 3.05) is 32.5 Å². The Morgan fingerprint density at radius 2 is 2.19 bits per heavy atom. The second-order valence-electron chi connectivity index (χ2n) is 3.72.